The Balaban J connectivity index is 4.45. The maximum atomic E-state index is 12.9. The largest absolute Gasteiger partial charge is 0.447 e. The lowest BCUT2D eigenvalue weighted by atomic mass is 10.0. The molecule has 0 aromatic heterocycles. The van der Waals surface area contributed by atoms with Crippen molar-refractivity contribution in [3.8, 4) is 0 Å². The third-order valence-electron chi connectivity index (χ3n) is 12.5. The first-order valence-electron chi connectivity index (χ1n) is 26.7. The van der Waals surface area contributed by atoms with Crippen LogP contribution in [0.15, 0.2) is 0 Å². The summed E-state index contributed by atoms with van der Waals surface area (Å²) in [5, 5.41) is 8.61. The summed E-state index contributed by atoms with van der Waals surface area (Å²) in [6.07, 6.45) is 41.5. The predicted molar refractivity (Wildman–Crippen MR) is 265 cm³/mol. The molecule has 0 aromatic rings. The summed E-state index contributed by atoms with van der Waals surface area (Å²) >= 11 is 0. The summed E-state index contributed by atoms with van der Waals surface area (Å²) in [6.45, 7) is 14.1. The van der Waals surface area contributed by atoms with Crippen molar-refractivity contribution >= 4 is 18.1 Å². The zero-order chi connectivity index (χ0) is 46.5. The molecule has 0 fully saturated rings. The average molecular weight is 896 g/mol. The van der Waals surface area contributed by atoms with Crippen LogP contribution < -0.4 is 16.0 Å². The van der Waals surface area contributed by atoms with E-state index in [1.54, 1.807) is 7.11 Å². The Morgan fingerprint density at radius 2 is 0.794 bits per heavy atom. The summed E-state index contributed by atoms with van der Waals surface area (Å²) in [5.74, 6) is -0.119. The number of nitrogens with one attached hydrogen (secondary N) is 3. The molecule has 0 saturated carbocycles. The first-order valence-corrected chi connectivity index (χ1v) is 26.7. The van der Waals surface area contributed by atoms with Gasteiger partial charge in [-0.05, 0) is 59.8 Å². The monoisotopic (exact) mass is 896 g/mol. The number of rotatable bonds is 47. The Morgan fingerprint density at radius 1 is 0.444 bits per heavy atom. The quantitative estimate of drug-likeness (QED) is 0.0520. The molecule has 1 unspecified atom stereocenters. The molecule has 0 aliphatic carbocycles. The molecule has 3 N–H and O–H groups in total. The number of methoxy groups -OCH3 is 1. The van der Waals surface area contributed by atoms with Gasteiger partial charge in [-0.15, -0.1) is 0 Å². The molecule has 10 heteroatoms. The van der Waals surface area contributed by atoms with Crippen LogP contribution in [-0.2, 0) is 23.7 Å². The summed E-state index contributed by atoms with van der Waals surface area (Å²) in [6, 6.07) is -0.635. The SMILES string of the molecule is CCCCCCCCCCCCCCCCCCNC(=O)OCC(COC(=O)NCCCC(C)(C)OCCC(C)(C)OC)NC(=O)CCCCCCCCCCCCCCCCC. The van der Waals surface area contributed by atoms with Crippen molar-refractivity contribution in [2.45, 2.75) is 284 Å². The smallest absolute Gasteiger partial charge is 0.407 e. The van der Waals surface area contributed by atoms with E-state index in [0.29, 0.717) is 26.1 Å². The lowest BCUT2D eigenvalue weighted by Gasteiger charge is -2.29. The molecule has 0 aliphatic heterocycles. The van der Waals surface area contributed by atoms with Gasteiger partial charge in [0.05, 0.1) is 23.9 Å². The number of carbonyl (C=O) groups excluding carboxylic acids is 3. The molecule has 63 heavy (non-hydrogen) atoms. The van der Waals surface area contributed by atoms with Crippen LogP contribution in [-0.4, -0.2) is 75.4 Å². The van der Waals surface area contributed by atoms with Crippen molar-refractivity contribution in [2.24, 2.45) is 0 Å². The molecule has 0 radical (unpaired) electrons. The van der Waals surface area contributed by atoms with E-state index >= 15 is 0 Å². The lowest BCUT2D eigenvalue weighted by Crippen LogP contribution is -2.44. The highest BCUT2D eigenvalue weighted by molar-refractivity contribution is 5.76. The minimum absolute atomic E-state index is 0.0753. The van der Waals surface area contributed by atoms with Crippen molar-refractivity contribution in [2.75, 3.05) is 40.0 Å². The van der Waals surface area contributed by atoms with Crippen molar-refractivity contribution in [3.05, 3.63) is 0 Å². The standard InChI is InChI=1S/C53H105N3O7/c1-8-10-12-14-16-18-20-22-24-26-28-30-32-34-36-38-43-54-50(58)61-46-48(47-62-51(59)55-44-39-41-53(5,6)63-45-42-52(3,4)60-7)56-49(57)40-37-35-33-31-29-27-25-23-21-19-17-15-13-11-9-2/h48H,8-47H2,1-7H3,(H,54,58)(H,55,59)(H,56,57). The molecule has 0 bridgehead atoms. The molecule has 0 aromatic carbocycles. The Labute approximate surface area is 389 Å². The minimum Gasteiger partial charge on any atom is -0.447 e. The van der Waals surface area contributed by atoms with Crippen molar-refractivity contribution in [1.82, 2.24) is 16.0 Å². The lowest BCUT2D eigenvalue weighted by molar-refractivity contribution is -0.122. The number of carbonyl (C=O) groups is 3. The Hall–Kier alpha value is -2.07. The first-order chi connectivity index (χ1) is 30.4. The van der Waals surface area contributed by atoms with Crippen molar-refractivity contribution in [1.29, 1.82) is 0 Å². The van der Waals surface area contributed by atoms with E-state index in [1.807, 2.05) is 13.8 Å². The third kappa shape index (κ3) is 44.9. The molecular formula is C53H105N3O7. The summed E-state index contributed by atoms with van der Waals surface area (Å²) < 4.78 is 22.6. The minimum atomic E-state index is -0.635. The number of amides is 3. The molecule has 1 atom stereocenters. The molecular weight excluding hydrogens is 791 g/mol. The molecule has 0 rings (SSSR count). The average Bonchev–Trinajstić information content (AvgIpc) is 3.25. The van der Waals surface area contributed by atoms with E-state index in [-0.39, 0.29) is 30.3 Å². The number of ether oxygens (including phenoxy) is 4. The second-order valence-electron chi connectivity index (χ2n) is 19.7. The number of unbranched alkanes of at least 4 members (excludes halogenated alkanes) is 29. The van der Waals surface area contributed by atoms with Gasteiger partial charge in [0.15, 0.2) is 0 Å². The van der Waals surface area contributed by atoms with Crippen LogP contribution in [0, 0.1) is 0 Å². The van der Waals surface area contributed by atoms with Crippen LogP contribution in [0.4, 0.5) is 9.59 Å². The van der Waals surface area contributed by atoms with E-state index in [2.05, 4.69) is 43.6 Å². The molecule has 0 aliphatic rings. The summed E-state index contributed by atoms with van der Waals surface area (Å²) in [7, 11) is 1.71. The second-order valence-corrected chi connectivity index (χ2v) is 19.7. The van der Waals surface area contributed by atoms with Crippen LogP contribution >= 0.6 is 0 Å². The number of alkyl carbamates (subject to hydrolysis) is 2. The van der Waals surface area contributed by atoms with Gasteiger partial charge in [0.2, 0.25) is 5.91 Å². The Kier molecular flexibility index (Phi) is 42.4. The Bertz CT molecular complexity index is 1040. The summed E-state index contributed by atoms with van der Waals surface area (Å²) in [5.41, 5.74) is -0.564. The van der Waals surface area contributed by atoms with E-state index in [1.165, 1.54) is 167 Å². The van der Waals surface area contributed by atoms with Crippen LogP contribution in [0.25, 0.3) is 0 Å². The van der Waals surface area contributed by atoms with E-state index in [0.717, 1.165) is 51.4 Å². The van der Waals surface area contributed by atoms with Crippen molar-refractivity contribution < 1.29 is 33.3 Å². The number of hydrogen-bond acceptors (Lipinski definition) is 7. The molecule has 3 amide bonds. The van der Waals surface area contributed by atoms with E-state index in [4.69, 9.17) is 18.9 Å². The van der Waals surface area contributed by atoms with Gasteiger partial charge in [-0.25, -0.2) is 9.59 Å². The van der Waals surface area contributed by atoms with Gasteiger partial charge in [-0.1, -0.05) is 200 Å². The zero-order valence-electron chi connectivity index (χ0n) is 42.7. The van der Waals surface area contributed by atoms with Crippen LogP contribution in [0.1, 0.15) is 266 Å². The highest BCUT2D eigenvalue weighted by Crippen LogP contribution is 2.20. The fourth-order valence-corrected chi connectivity index (χ4v) is 7.86. The van der Waals surface area contributed by atoms with Crippen LogP contribution in [0.5, 0.6) is 0 Å². The predicted octanol–water partition coefficient (Wildman–Crippen LogP) is 14.8. The molecule has 10 nitrogen and oxygen atoms in total. The normalized spacial score (nSPS) is 12.3. The highest BCUT2D eigenvalue weighted by Gasteiger charge is 2.22. The molecule has 0 heterocycles. The van der Waals surface area contributed by atoms with Gasteiger partial charge >= 0.3 is 12.2 Å². The van der Waals surface area contributed by atoms with E-state index in [9.17, 15) is 14.4 Å². The fourth-order valence-electron chi connectivity index (χ4n) is 7.86. The number of hydrogen-bond donors (Lipinski definition) is 3. The molecule has 0 spiro atoms. The first kappa shape index (κ1) is 60.9. The molecule has 374 valence electrons. The van der Waals surface area contributed by atoms with E-state index < -0.39 is 18.2 Å². The van der Waals surface area contributed by atoms with Gasteiger partial charge in [0.1, 0.15) is 13.2 Å². The fraction of sp³-hybridized carbons (Fsp3) is 0.943. The van der Waals surface area contributed by atoms with Gasteiger partial charge in [-0.3, -0.25) is 4.79 Å². The van der Waals surface area contributed by atoms with Crippen LogP contribution in [0.2, 0.25) is 0 Å². The van der Waals surface area contributed by atoms with Gasteiger partial charge in [0, 0.05) is 26.6 Å². The zero-order valence-corrected chi connectivity index (χ0v) is 42.7. The van der Waals surface area contributed by atoms with Gasteiger partial charge in [-0.2, -0.15) is 0 Å². The maximum Gasteiger partial charge on any atom is 0.407 e. The summed E-state index contributed by atoms with van der Waals surface area (Å²) in [4.78, 5) is 38.1. The Morgan fingerprint density at radius 3 is 1.17 bits per heavy atom. The maximum absolute atomic E-state index is 12.9. The van der Waals surface area contributed by atoms with Gasteiger partial charge < -0.3 is 34.9 Å². The third-order valence-corrected chi connectivity index (χ3v) is 12.5. The molecule has 0 saturated heterocycles. The highest BCUT2D eigenvalue weighted by atomic mass is 16.6. The van der Waals surface area contributed by atoms with Crippen LogP contribution in [0.3, 0.4) is 0 Å². The van der Waals surface area contributed by atoms with Crippen molar-refractivity contribution in [3.63, 3.8) is 0 Å². The second kappa shape index (κ2) is 43.8. The topological polar surface area (TPSA) is 124 Å². The van der Waals surface area contributed by atoms with Gasteiger partial charge in [0.25, 0.3) is 0 Å².